The fraction of sp³-hybridized carbons (Fsp3) is 0.583. The molecule has 0 aromatic carbocycles. The van der Waals surface area contributed by atoms with Gasteiger partial charge < -0.3 is 15.4 Å². The zero-order valence-electron chi connectivity index (χ0n) is 11.3. The van der Waals surface area contributed by atoms with Gasteiger partial charge in [0.25, 0.3) is 0 Å². The van der Waals surface area contributed by atoms with Crippen molar-refractivity contribution in [1.29, 1.82) is 0 Å². The van der Waals surface area contributed by atoms with E-state index in [2.05, 4.69) is 25.3 Å². The van der Waals surface area contributed by atoms with Crippen LogP contribution in [0.4, 0.5) is 11.6 Å². The van der Waals surface area contributed by atoms with Crippen LogP contribution in [0.15, 0.2) is 0 Å². The molecule has 0 aliphatic carbocycles. The summed E-state index contributed by atoms with van der Waals surface area (Å²) in [6, 6.07) is 0. The van der Waals surface area contributed by atoms with Gasteiger partial charge in [-0.1, -0.05) is 0 Å². The van der Waals surface area contributed by atoms with Crippen LogP contribution in [0.2, 0.25) is 0 Å². The Morgan fingerprint density at radius 1 is 1.22 bits per heavy atom. The molecule has 0 atom stereocenters. The summed E-state index contributed by atoms with van der Waals surface area (Å²) in [4.78, 5) is 19.7. The fourth-order valence-corrected chi connectivity index (χ4v) is 1.53. The fourth-order valence-electron chi connectivity index (χ4n) is 1.53. The summed E-state index contributed by atoms with van der Waals surface area (Å²) in [6.45, 7) is 7.10. The maximum atomic E-state index is 11.0. The Labute approximate surface area is 107 Å². The highest BCUT2D eigenvalue weighted by Gasteiger charge is 2.08. The minimum atomic E-state index is -0.238. The van der Waals surface area contributed by atoms with Crippen molar-refractivity contribution >= 4 is 17.6 Å². The summed E-state index contributed by atoms with van der Waals surface area (Å²) in [5, 5.41) is 6.31. The highest BCUT2D eigenvalue weighted by molar-refractivity contribution is 5.70. The second-order valence-corrected chi connectivity index (χ2v) is 3.88. The molecular formula is C12H20N4O2. The van der Waals surface area contributed by atoms with Crippen LogP contribution in [0.3, 0.4) is 0 Å². The van der Waals surface area contributed by atoms with Gasteiger partial charge in [-0.2, -0.15) is 0 Å². The number of carbonyl (C=O) groups excluding carboxylic acids is 1. The number of rotatable bonds is 6. The van der Waals surface area contributed by atoms with Gasteiger partial charge in [-0.3, -0.25) is 4.79 Å². The number of carbonyl (C=O) groups is 1. The van der Waals surface area contributed by atoms with E-state index in [1.54, 1.807) is 0 Å². The Morgan fingerprint density at radius 2 is 1.83 bits per heavy atom. The molecule has 0 fully saturated rings. The number of hydrogen-bond donors (Lipinski definition) is 2. The molecule has 0 unspecified atom stereocenters. The van der Waals surface area contributed by atoms with Gasteiger partial charge in [0.2, 0.25) is 0 Å². The van der Waals surface area contributed by atoms with E-state index in [0.717, 1.165) is 23.7 Å². The minimum absolute atomic E-state index is 0.238. The van der Waals surface area contributed by atoms with Gasteiger partial charge in [0.15, 0.2) is 0 Å². The lowest BCUT2D eigenvalue weighted by molar-refractivity contribution is -0.140. The molecule has 0 saturated heterocycles. The zero-order chi connectivity index (χ0) is 13.5. The number of aromatic nitrogens is 2. The quantitative estimate of drug-likeness (QED) is 0.747. The van der Waals surface area contributed by atoms with E-state index in [0.29, 0.717) is 18.8 Å². The van der Waals surface area contributed by atoms with Crippen LogP contribution in [-0.4, -0.2) is 36.1 Å². The number of esters is 1. The third-order valence-corrected chi connectivity index (χ3v) is 2.45. The highest BCUT2D eigenvalue weighted by atomic mass is 16.5. The predicted octanol–water partition coefficient (Wildman–Crippen LogP) is 1.50. The van der Waals surface area contributed by atoms with Crippen LogP contribution in [0, 0.1) is 13.8 Å². The maximum absolute atomic E-state index is 11.0. The van der Waals surface area contributed by atoms with E-state index in [1.165, 1.54) is 7.11 Å². The SMILES string of the molecule is CCNc1nc(C)nc(NCCC(=O)OC)c1C. The lowest BCUT2D eigenvalue weighted by Gasteiger charge is -2.13. The molecule has 0 saturated carbocycles. The second-order valence-electron chi connectivity index (χ2n) is 3.88. The van der Waals surface area contributed by atoms with E-state index >= 15 is 0 Å². The molecule has 0 bridgehead atoms. The van der Waals surface area contributed by atoms with Crippen LogP contribution in [0.5, 0.6) is 0 Å². The Morgan fingerprint density at radius 3 is 2.39 bits per heavy atom. The number of hydrogen-bond acceptors (Lipinski definition) is 6. The number of nitrogens with zero attached hydrogens (tertiary/aromatic N) is 2. The van der Waals surface area contributed by atoms with Crippen molar-refractivity contribution in [2.75, 3.05) is 30.8 Å². The molecule has 0 aliphatic rings. The van der Waals surface area contributed by atoms with Gasteiger partial charge in [0.1, 0.15) is 17.5 Å². The van der Waals surface area contributed by atoms with Gasteiger partial charge in [0, 0.05) is 18.7 Å². The normalized spacial score (nSPS) is 10.0. The van der Waals surface area contributed by atoms with Crippen LogP contribution in [0.25, 0.3) is 0 Å². The smallest absolute Gasteiger partial charge is 0.307 e. The predicted molar refractivity (Wildman–Crippen MR) is 70.8 cm³/mol. The molecule has 100 valence electrons. The lowest BCUT2D eigenvalue weighted by atomic mass is 10.3. The Balaban J connectivity index is 2.72. The molecule has 1 heterocycles. The summed E-state index contributed by atoms with van der Waals surface area (Å²) in [6.07, 6.45) is 0.315. The van der Waals surface area contributed by atoms with E-state index < -0.39 is 0 Å². The number of anilines is 2. The van der Waals surface area contributed by atoms with Gasteiger partial charge in [-0.05, 0) is 20.8 Å². The molecule has 6 heteroatoms. The molecule has 0 amide bonds. The summed E-state index contributed by atoms with van der Waals surface area (Å²) in [5.74, 6) is 2.03. The average Bonchev–Trinajstić information content (AvgIpc) is 2.34. The van der Waals surface area contributed by atoms with E-state index in [1.807, 2.05) is 20.8 Å². The van der Waals surface area contributed by atoms with Crippen molar-refractivity contribution in [3.05, 3.63) is 11.4 Å². The Hall–Kier alpha value is -1.85. The first-order valence-electron chi connectivity index (χ1n) is 5.98. The molecule has 1 aromatic heterocycles. The standard InChI is InChI=1S/C12H20N4O2/c1-5-13-11-8(2)12(16-9(3)15-11)14-7-6-10(17)18-4/h5-7H2,1-4H3,(H2,13,14,15,16). The average molecular weight is 252 g/mol. The maximum Gasteiger partial charge on any atom is 0.307 e. The van der Waals surface area contributed by atoms with Crippen LogP contribution < -0.4 is 10.6 Å². The van der Waals surface area contributed by atoms with Gasteiger partial charge >= 0.3 is 5.97 Å². The Bertz CT molecular complexity index is 421. The first kappa shape index (κ1) is 14.2. The number of nitrogens with one attached hydrogen (secondary N) is 2. The first-order valence-corrected chi connectivity index (χ1v) is 5.98. The molecular weight excluding hydrogens is 232 g/mol. The van der Waals surface area contributed by atoms with E-state index in [4.69, 9.17) is 0 Å². The number of ether oxygens (including phenoxy) is 1. The van der Waals surface area contributed by atoms with Crippen LogP contribution in [-0.2, 0) is 9.53 Å². The summed E-state index contributed by atoms with van der Waals surface area (Å²) >= 11 is 0. The van der Waals surface area contributed by atoms with Gasteiger partial charge in [-0.25, -0.2) is 9.97 Å². The molecule has 0 spiro atoms. The summed E-state index contributed by atoms with van der Waals surface area (Å²) < 4.78 is 4.58. The van der Waals surface area contributed by atoms with Crippen molar-refractivity contribution in [3.63, 3.8) is 0 Å². The molecule has 18 heavy (non-hydrogen) atoms. The summed E-state index contributed by atoms with van der Waals surface area (Å²) in [5.41, 5.74) is 0.951. The highest BCUT2D eigenvalue weighted by Crippen LogP contribution is 2.19. The zero-order valence-corrected chi connectivity index (χ0v) is 11.3. The third kappa shape index (κ3) is 3.87. The molecule has 6 nitrogen and oxygen atoms in total. The largest absolute Gasteiger partial charge is 0.469 e. The number of aryl methyl sites for hydroxylation is 1. The monoisotopic (exact) mass is 252 g/mol. The Kier molecular flexibility index (Phi) is 5.35. The topological polar surface area (TPSA) is 76.1 Å². The van der Waals surface area contributed by atoms with Crippen molar-refractivity contribution in [3.8, 4) is 0 Å². The van der Waals surface area contributed by atoms with Crippen LogP contribution >= 0.6 is 0 Å². The van der Waals surface area contributed by atoms with Gasteiger partial charge in [0.05, 0.1) is 13.5 Å². The second kappa shape index (κ2) is 6.78. The molecule has 0 radical (unpaired) electrons. The summed E-state index contributed by atoms with van der Waals surface area (Å²) in [7, 11) is 1.38. The van der Waals surface area contributed by atoms with Gasteiger partial charge in [-0.15, -0.1) is 0 Å². The molecule has 1 aromatic rings. The van der Waals surface area contributed by atoms with Crippen molar-refractivity contribution in [1.82, 2.24) is 9.97 Å². The molecule has 0 aliphatic heterocycles. The first-order chi connectivity index (χ1) is 8.58. The number of methoxy groups -OCH3 is 1. The molecule has 2 N–H and O–H groups in total. The van der Waals surface area contributed by atoms with E-state index in [-0.39, 0.29) is 5.97 Å². The van der Waals surface area contributed by atoms with Crippen molar-refractivity contribution in [2.24, 2.45) is 0 Å². The van der Waals surface area contributed by atoms with Crippen molar-refractivity contribution in [2.45, 2.75) is 27.2 Å². The minimum Gasteiger partial charge on any atom is -0.469 e. The molecule has 1 rings (SSSR count). The van der Waals surface area contributed by atoms with E-state index in [9.17, 15) is 4.79 Å². The third-order valence-electron chi connectivity index (χ3n) is 2.45. The van der Waals surface area contributed by atoms with Crippen molar-refractivity contribution < 1.29 is 9.53 Å². The van der Waals surface area contributed by atoms with Crippen LogP contribution in [0.1, 0.15) is 24.7 Å². The lowest BCUT2D eigenvalue weighted by Crippen LogP contribution is -2.13.